The normalized spacial score (nSPS) is 25.2. The van der Waals surface area contributed by atoms with E-state index in [4.69, 9.17) is 15.7 Å². The van der Waals surface area contributed by atoms with Crippen LogP contribution in [0.1, 0.15) is 36.0 Å². The van der Waals surface area contributed by atoms with Gasteiger partial charge in [-0.05, 0) is 61.4 Å². The van der Waals surface area contributed by atoms with Crippen LogP contribution in [0.4, 0.5) is 0 Å². The third-order valence-electron chi connectivity index (χ3n) is 8.02. The molecule has 1 amide bonds. The van der Waals surface area contributed by atoms with Gasteiger partial charge >= 0.3 is 0 Å². The fraction of sp³-hybridized carbons (Fsp3) is 0.360. The van der Waals surface area contributed by atoms with Crippen LogP contribution in [0.2, 0.25) is 0 Å². The molecule has 6 heterocycles. The molecule has 8 nitrogen and oxygen atoms in total. The zero-order chi connectivity index (χ0) is 21.8. The molecular formula is C25H23N7O. The number of piperidine rings is 1. The number of carbonyl (C=O) groups excluding carboxylic acids is 1. The number of amides is 1. The second-order valence-electron chi connectivity index (χ2n) is 9.86. The number of likely N-dealkylation sites (tertiary alicyclic amines) is 1. The lowest BCUT2D eigenvalue weighted by atomic mass is 10.1. The highest BCUT2D eigenvalue weighted by Crippen LogP contribution is 2.43. The van der Waals surface area contributed by atoms with E-state index in [-0.39, 0.29) is 18.0 Å². The molecule has 164 valence electrons. The van der Waals surface area contributed by atoms with Gasteiger partial charge in [-0.3, -0.25) is 9.36 Å². The van der Waals surface area contributed by atoms with Gasteiger partial charge in [0.15, 0.2) is 11.5 Å². The third-order valence-corrected chi connectivity index (χ3v) is 8.02. The predicted octanol–water partition coefficient (Wildman–Crippen LogP) is 3.03. The number of nitrogens with zero attached hydrogens (tertiary/aromatic N) is 6. The average molecular weight is 438 g/mol. The number of imidazole rings is 1. The Hall–Kier alpha value is -3.52. The van der Waals surface area contributed by atoms with E-state index in [0.717, 1.165) is 72.5 Å². The van der Waals surface area contributed by atoms with E-state index >= 15 is 0 Å². The van der Waals surface area contributed by atoms with Gasteiger partial charge in [-0.2, -0.15) is 0 Å². The maximum absolute atomic E-state index is 13.3. The number of carbonyl (C=O) groups is 1. The van der Waals surface area contributed by atoms with Crippen molar-refractivity contribution in [1.29, 1.82) is 0 Å². The average Bonchev–Trinajstić information content (AvgIpc) is 3.25. The predicted molar refractivity (Wildman–Crippen MR) is 124 cm³/mol. The SMILES string of the molecule is N[C@@H]1[C@@H]2CC[C@H]1N(C(=O)c1cnc3c(c1)nc1n3CC(=C3CC3)n3c-1cc1cccnc13)C2. The van der Waals surface area contributed by atoms with E-state index in [1.807, 2.05) is 23.2 Å². The maximum atomic E-state index is 13.3. The second-order valence-corrected chi connectivity index (χ2v) is 9.86. The van der Waals surface area contributed by atoms with E-state index in [0.29, 0.717) is 11.5 Å². The topological polar surface area (TPSA) is 94.9 Å². The van der Waals surface area contributed by atoms with E-state index in [1.165, 1.54) is 11.3 Å². The molecule has 0 spiro atoms. The quantitative estimate of drug-likeness (QED) is 0.494. The number of nitrogens with two attached hydrogens (primary N) is 1. The molecule has 3 atom stereocenters. The van der Waals surface area contributed by atoms with Crippen molar-refractivity contribution in [3.05, 3.63) is 47.8 Å². The Bertz CT molecular complexity index is 1540. The summed E-state index contributed by atoms with van der Waals surface area (Å²) in [7, 11) is 0. The van der Waals surface area contributed by atoms with Crippen molar-refractivity contribution in [3.8, 4) is 11.5 Å². The molecule has 33 heavy (non-hydrogen) atoms. The Morgan fingerprint density at radius 1 is 1.12 bits per heavy atom. The maximum Gasteiger partial charge on any atom is 0.255 e. The second kappa shape index (κ2) is 6.08. The molecule has 2 saturated carbocycles. The minimum atomic E-state index is 0.0251. The lowest BCUT2D eigenvalue weighted by Crippen LogP contribution is -2.41. The first kappa shape index (κ1) is 18.0. The summed E-state index contributed by atoms with van der Waals surface area (Å²) in [5.41, 5.74) is 13.3. The van der Waals surface area contributed by atoms with Gasteiger partial charge in [0.25, 0.3) is 5.91 Å². The molecule has 2 N–H and O–H groups in total. The van der Waals surface area contributed by atoms with Crippen molar-refractivity contribution in [2.75, 3.05) is 6.54 Å². The Morgan fingerprint density at radius 3 is 2.82 bits per heavy atom. The highest BCUT2D eigenvalue weighted by atomic mass is 16.2. The van der Waals surface area contributed by atoms with Crippen LogP contribution in [-0.2, 0) is 6.54 Å². The van der Waals surface area contributed by atoms with Crippen molar-refractivity contribution < 1.29 is 4.79 Å². The van der Waals surface area contributed by atoms with Crippen LogP contribution >= 0.6 is 0 Å². The van der Waals surface area contributed by atoms with Gasteiger partial charge in [0, 0.05) is 42.1 Å². The first-order valence-corrected chi connectivity index (χ1v) is 11.8. The first-order chi connectivity index (χ1) is 16.2. The van der Waals surface area contributed by atoms with Crippen LogP contribution in [0, 0.1) is 5.92 Å². The lowest BCUT2D eigenvalue weighted by Gasteiger charge is -2.27. The summed E-state index contributed by atoms with van der Waals surface area (Å²) >= 11 is 0. The standard InChI is InChI=1S/C25H23N7O/c26-21-15-5-6-18(21)30(11-15)25(33)16-8-17-23(28-10-16)31-12-20(13-3-4-13)32-19(24(31)29-17)9-14-2-1-7-27-22(14)32/h1-2,7-10,15,18,21H,3-6,11-12,26H2/t15-,18-,21-/m1/s1. The number of rotatable bonds is 1. The smallest absolute Gasteiger partial charge is 0.255 e. The van der Waals surface area contributed by atoms with E-state index in [9.17, 15) is 4.79 Å². The van der Waals surface area contributed by atoms with Crippen LogP contribution in [-0.4, -0.2) is 53.5 Å². The summed E-state index contributed by atoms with van der Waals surface area (Å²) in [5, 5.41) is 1.11. The van der Waals surface area contributed by atoms with Crippen molar-refractivity contribution in [2.45, 2.75) is 44.3 Å². The van der Waals surface area contributed by atoms with Crippen molar-refractivity contribution in [1.82, 2.24) is 29.0 Å². The molecule has 2 aliphatic heterocycles. The lowest BCUT2D eigenvalue weighted by molar-refractivity contribution is 0.0700. The number of fused-ring (bicyclic) bond motifs is 9. The Kier molecular flexibility index (Phi) is 3.31. The van der Waals surface area contributed by atoms with Crippen molar-refractivity contribution in [3.63, 3.8) is 0 Å². The zero-order valence-electron chi connectivity index (χ0n) is 18.1. The molecule has 0 unspecified atom stereocenters. The van der Waals surface area contributed by atoms with Crippen LogP contribution in [0.15, 0.2) is 42.2 Å². The van der Waals surface area contributed by atoms with E-state index < -0.39 is 0 Å². The number of hydrogen-bond acceptors (Lipinski definition) is 5. The summed E-state index contributed by atoms with van der Waals surface area (Å²) in [6, 6.07) is 8.40. The molecular weight excluding hydrogens is 414 g/mol. The fourth-order valence-electron chi connectivity index (χ4n) is 6.24. The highest BCUT2D eigenvalue weighted by molar-refractivity contribution is 5.98. The van der Waals surface area contributed by atoms with E-state index in [2.05, 4.69) is 26.3 Å². The van der Waals surface area contributed by atoms with Crippen LogP contribution in [0.25, 0.3) is 39.4 Å². The third kappa shape index (κ3) is 2.33. The van der Waals surface area contributed by atoms with Gasteiger partial charge in [0.05, 0.1) is 17.8 Å². The van der Waals surface area contributed by atoms with Gasteiger partial charge in [-0.1, -0.05) is 0 Å². The van der Waals surface area contributed by atoms with Crippen LogP contribution < -0.4 is 5.73 Å². The molecule has 2 bridgehead atoms. The molecule has 0 radical (unpaired) electrons. The van der Waals surface area contributed by atoms with Crippen molar-refractivity contribution in [2.24, 2.45) is 11.7 Å². The van der Waals surface area contributed by atoms with Crippen LogP contribution in [0.5, 0.6) is 0 Å². The minimum Gasteiger partial charge on any atom is -0.334 e. The Morgan fingerprint density at radius 2 is 2.03 bits per heavy atom. The Labute approximate surface area is 189 Å². The number of pyridine rings is 2. The molecule has 8 heteroatoms. The molecule has 3 fully saturated rings. The van der Waals surface area contributed by atoms with Gasteiger partial charge in [-0.15, -0.1) is 0 Å². The number of hydrogen-bond donors (Lipinski definition) is 1. The van der Waals surface area contributed by atoms with Crippen LogP contribution in [0.3, 0.4) is 0 Å². The highest BCUT2D eigenvalue weighted by Gasteiger charge is 2.47. The van der Waals surface area contributed by atoms with Gasteiger partial charge in [0.2, 0.25) is 0 Å². The summed E-state index contributed by atoms with van der Waals surface area (Å²) in [6.07, 6.45) is 7.96. The number of aromatic nitrogens is 5. The van der Waals surface area contributed by atoms with Gasteiger partial charge < -0.3 is 15.2 Å². The largest absolute Gasteiger partial charge is 0.334 e. The Balaban J connectivity index is 1.27. The van der Waals surface area contributed by atoms with Gasteiger partial charge in [0.1, 0.15) is 11.2 Å². The summed E-state index contributed by atoms with van der Waals surface area (Å²) in [4.78, 5) is 29.6. The number of allylic oxidation sites excluding steroid dienone is 2. The molecule has 4 aromatic rings. The van der Waals surface area contributed by atoms with E-state index in [1.54, 1.807) is 6.20 Å². The van der Waals surface area contributed by atoms with Crippen molar-refractivity contribution >= 4 is 33.8 Å². The molecule has 0 aromatic carbocycles. The van der Waals surface area contributed by atoms with Gasteiger partial charge in [-0.25, -0.2) is 15.0 Å². The summed E-state index contributed by atoms with van der Waals surface area (Å²) < 4.78 is 4.46. The molecule has 4 aliphatic rings. The summed E-state index contributed by atoms with van der Waals surface area (Å²) in [5.74, 6) is 1.34. The zero-order valence-corrected chi connectivity index (χ0v) is 18.1. The molecule has 1 saturated heterocycles. The molecule has 4 aromatic heterocycles. The molecule has 8 rings (SSSR count). The minimum absolute atomic E-state index is 0.0251. The summed E-state index contributed by atoms with van der Waals surface area (Å²) in [6.45, 7) is 1.48. The first-order valence-electron chi connectivity index (χ1n) is 11.8. The monoisotopic (exact) mass is 437 g/mol. The fourth-order valence-corrected chi connectivity index (χ4v) is 6.24. The molecule has 2 aliphatic carbocycles.